The fourth-order valence-corrected chi connectivity index (χ4v) is 4.80. The number of carbonyl (C=O) groups is 2. The lowest BCUT2D eigenvalue weighted by molar-refractivity contribution is -0.151. The molecule has 162 valence electrons. The number of amides is 1. The highest BCUT2D eigenvalue weighted by atomic mass is 19.1. The number of ether oxygens (including phenoxy) is 1. The Balaban J connectivity index is 1.44. The molecule has 0 atom stereocenters. The van der Waals surface area contributed by atoms with E-state index < -0.39 is 0 Å². The molecule has 1 fully saturated rings. The van der Waals surface area contributed by atoms with Crippen LogP contribution in [0.15, 0.2) is 18.2 Å². The number of benzene rings is 1. The van der Waals surface area contributed by atoms with Gasteiger partial charge >= 0.3 is 5.97 Å². The summed E-state index contributed by atoms with van der Waals surface area (Å²) in [5.74, 6) is -0.354. The number of fused-ring (bicyclic) bond motifs is 3. The molecule has 1 aromatic heterocycles. The SMILES string of the molecule is CCOC(=O)C1CCN(C(=O)CCn2c3c(c4cc(F)ccc42)CN(C)CC3)CC1. The Kier molecular flexibility index (Phi) is 6.09. The van der Waals surface area contributed by atoms with E-state index in [0.29, 0.717) is 45.5 Å². The van der Waals surface area contributed by atoms with E-state index in [-0.39, 0.29) is 23.6 Å². The van der Waals surface area contributed by atoms with E-state index in [0.717, 1.165) is 30.4 Å². The number of aryl methyl sites for hydroxylation is 1. The van der Waals surface area contributed by atoms with E-state index in [4.69, 9.17) is 4.74 Å². The van der Waals surface area contributed by atoms with Crippen molar-refractivity contribution in [2.75, 3.05) is 33.3 Å². The van der Waals surface area contributed by atoms with Crippen LogP contribution in [0.1, 0.15) is 37.4 Å². The molecule has 1 aromatic carbocycles. The standard InChI is InChI=1S/C23H30FN3O3/c1-3-30-23(29)16-6-11-26(12-7-16)22(28)9-13-27-20-5-4-17(24)14-18(20)19-15-25(2)10-8-21(19)27/h4-5,14,16H,3,6-13,15H2,1-2H3. The highest BCUT2D eigenvalue weighted by molar-refractivity contribution is 5.86. The summed E-state index contributed by atoms with van der Waals surface area (Å²) in [7, 11) is 2.08. The first kappa shape index (κ1) is 20.8. The van der Waals surface area contributed by atoms with E-state index in [2.05, 4.69) is 16.5 Å². The Labute approximate surface area is 176 Å². The molecule has 6 nitrogen and oxygen atoms in total. The number of likely N-dealkylation sites (tertiary alicyclic amines) is 1. The minimum Gasteiger partial charge on any atom is -0.466 e. The highest BCUT2D eigenvalue weighted by Gasteiger charge is 2.28. The van der Waals surface area contributed by atoms with Gasteiger partial charge in [-0.15, -0.1) is 0 Å². The number of hydrogen-bond acceptors (Lipinski definition) is 4. The van der Waals surface area contributed by atoms with Gasteiger partial charge in [0, 0.05) is 62.2 Å². The third-order valence-corrected chi connectivity index (χ3v) is 6.42. The summed E-state index contributed by atoms with van der Waals surface area (Å²) in [5.41, 5.74) is 3.41. The Morgan fingerprint density at radius 3 is 2.70 bits per heavy atom. The number of rotatable bonds is 5. The molecule has 1 saturated heterocycles. The Hall–Kier alpha value is -2.41. The van der Waals surface area contributed by atoms with Gasteiger partial charge in [-0.25, -0.2) is 4.39 Å². The Morgan fingerprint density at radius 1 is 1.20 bits per heavy atom. The predicted octanol–water partition coefficient (Wildman–Crippen LogP) is 2.96. The summed E-state index contributed by atoms with van der Waals surface area (Å²) in [4.78, 5) is 28.8. The zero-order valence-corrected chi connectivity index (χ0v) is 17.8. The van der Waals surface area contributed by atoms with Crippen molar-refractivity contribution in [3.05, 3.63) is 35.3 Å². The maximum Gasteiger partial charge on any atom is 0.309 e. The molecule has 2 aliphatic heterocycles. The van der Waals surface area contributed by atoms with Crippen molar-refractivity contribution in [2.24, 2.45) is 5.92 Å². The molecule has 4 rings (SSSR count). The number of halogens is 1. The second kappa shape index (κ2) is 8.76. The lowest BCUT2D eigenvalue weighted by atomic mass is 9.97. The van der Waals surface area contributed by atoms with Crippen LogP contribution in [0.4, 0.5) is 4.39 Å². The average Bonchev–Trinajstić information content (AvgIpc) is 3.04. The van der Waals surface area contributed by atoms with Gasteiger partial charge in [-0.05, 0) is 50.6 Å². The summed E-state index contributed by atoms with van der Waals surface area (Å²) in [6.45, 7) is 5.77. The molecule has 0 saturated carbocycles. The Morgan fingerprint density at radius 2 is 1.97 bits per heavy atom. The molecule has 1 amide bonds. The first-order chi connectivity index (χ1) is 14.5. The van der Waals surface area contributed by atoms with E-state index in [1.54, 1.807) is 6.07 Å². The lowest BCUT2D eigenvalue weighted by Crippen LogP contribution is -2.41. The van der Waals surface area contributed by atoms with Crippen molar-refractivity contribution >= 4 is 22.8 Å². The van der Waals surface area contributed by atoms with Crippen LogP contribution in [0.5, 0.6) is 0 Å². The molecule has 0 unspecified atom stereocenters. The van der Waals surface area contributed by atoms with Gasteiger partial charge in [0.2, 0.25) is 5.91 Å². The van der Waals surface area contributed by atoms with Gasteiger partial charge in [-0.1, -0.05) is 0 Å². The molecule has 2 aromatic rings. The van der Waals surface area contributed by atoms with Crippen LogP contribution in [0.2, 0.25) is 0 Å². The lowest BCUT2D eigenvalue weighted by Gasteiger charge is -2.31. The van der Waals surface area contributed by atoms with Crippen molar-refractivity contribution < 1.29 is 18.7 Å². The summed E-state index contributed by atoms with van der Waals surface area (Å²) in [6.07, 6.45) is 2.64. The van der Waals surface area contributed by atoms with Crippen molar-refractivity contribution in [1.82, 2.24) is 14.4 Å². The van der Waals surface area contributed by atoms with Gasteiger partial charge in [0.05, 0.1) is 12.5 Å². The monoisotopic (exact) mass is 415 g/mol. The normalized spacial score (nSPS) is 17.9. The first-order valence-electron chi connectivity index (χ1n) is 10.9. The van der Waals surface area contributed by atoms with Crippen LogP contribution in [-0.4, -0.2) is 59.5 Å². The molecule has 0 aliphatic carbocycles. The van der Waals surface area contributed by atoms with Gasteiger partial charge in [0.1, 0.15) is 5.82 Å². The van der Waals surface area contributed by atoms with Crippen molar-refractivity contribution in [1.29, 1.82) is 0 Å². The molecule has 0 bridgehead atoms. The maximum absolute atomic E-state index is 13.9. The molecule has 7 heteroatoms. The van der Waals surface area contributed by atoms with Gasteiger partial charge in [-0.3, -0.25) is 9.59 Å². The van der Waals surface area contributed by atoms with Crippen LogP contribution in [0.3, 0.4) is 0 Å². The number of carbonyl (C=O) groups excluding carboxylic acids is 2. The summed E-state index contributed by atoms with van der Waals surface area (Å²) < 4.78 is 21.2. The van der Waals surface area contributed by atoms with Gasteiger partial charge in [0.15, 0.2) is 0 Å². The predicted molar refractivity (Wildman–Crippen MR) is 112 cm³/mol. The number of hydrogen-bond donors (Lipinski definition) is 0. The van der Waals surface area contributed by atoms with E-state index in [1.807, 2.05) is 17.9 Å². The van der Waals surface area contributed by atoms with E-state index in [9.17, 15) is 14.0 Å². The molecular weight excluding hydrogens is 385 g/mol. The largest absolute Gasteiger partial charge is 0.466 e. The van der Waals surface area contributed by atoms with Crippen LogP contribution in [0, 0.1) is 11.7 Å². The number of esters is 1. The zero-order chi connectivity index (χ0) is 21.3. The molecule has 0 radical (unpaired) electrons. The number of piperidine rings is 1. The maximum atomic E-state index is 13.9. The van der Waals surface area contributed by atoms with Crippen molar-refractivity contribution in [3.63, 3.8) is 0 Å². The van der Waals surface area contributed by atoms with Crippen LogP contribution >= 0.6 is 0 Å². The fourth-order valence-electron chi connectivity index (χ4n) is 4.80. The minimum atomic E-state index is -0.226. The summed E-state index contributed by atoms with van der Waals surface area (Å²) in [6, 6.07) is 4.94. The van der Waals surface area contributed by atoms with Crippen LogP contribution in [0.25, 0.3) is 10.9 Å². The van der Waals surface area contributed by atoms with Gasteiger partial charge in [-0.2, -0.15) is 0 Å². The number of nitrogens with zero attached hydrogens (tertiary/aromatic N) is 3. The molecule has 30 heavy (non-hydrogen) atoms. The topological polar surface area (TPSA) is 54.8 Å². The summed E-state index contributed by atoms with van der Waals surface area (Å²) in [5, 5.41) is 0.958. The highest BCUT2D eigenvalue weighted by Crippen LogP contribution is 2.31. The molecule has 0 N–H and O–H groups in total. The Bertz CT molecular complexity index is 947. The van der Waals surface area contributed by atoms with Crippen LogP contribution < -0.4 is 0 Å². The van der Waals surface area contributed by atoms with Crippen molar-refractivity contribution in [3.8, 4) is 0 Å². The number of aromatic nitrogens is 1. The molecule has 3 heterocycles. The minimum absolute atomic E-state index is 0.0960. The van der Waals surface area contributed by atoms with Crippen LogP contribution in [-0.2, 0) is 33.8 Å². The third kappa shape index (κ3) is 4.08. The molecule has 0 spiro atoms. The third-order valence-electron chi connectivity index (χ3n) is 6.42. The average molecular weight is 416 g/mol. The van der Waals surface area contributed by atoms with E-state index >= 15 is 0 Å². The quantitative estimate of drug-likeness (QED) is 0.705. The smallest absolute Gasteiger partial charge is 0.309 e. The second-order valence-corrected chi connectivity index (χ2v) is 8.38. The fraction of sp³-hybridized carbons (Fsp3) is 0.565. The zero-order valence-electron chi connectivity index (χ0n) is 17.8. The van der Waals surface area contributed by atoms with Gasteiger partial charge < -0.3 is 19.1 Å². The number of likely N-dealkylation sites (N-methyl/N-ethyl adjacent to an activating group) is 1. The molecular formula is C23H30FN3O3. The summed E-state index contributed by atoms with van der Waals surface area (Å²) >= 11 is 0. The van der Waals surface area contributed by atoms with E-state index in [1.165, 1.54) is 17.3 Å². The first-order valence-corrected chi connectivity index (χ1v) is 10.9. The van der Waals surface area contributed by atoms with Gasteiger partial charge in [0.25, 0.3) is 0 Å². The van der Waals surface area contributed by atoms with Crippen molar-refractivity contribution in [2.45, 2.75) is 45.7 Å². The molecule has 2 aliphatic rings. The second-order valence-electron chi connectivity index (χ2n) is 8.38.